The zero-order valence-corrected chi connectivity index (χ0v) is 11.1. The predicted molar refractivity (Wildman–Crippen MR) is 71.1 cm³/mol. The second-order valence-electron chi connectivity index (χ2n) is 5.44. The van der Waals surface area contributed by atoms with Crippen LogP contribution in [0.2, 0.25) is 0 Å². The highest BCUT2D eigenvalue weighted by Crippen LogP contribution is 2.18. The molecule has 0 unspecified atom stereocenters. The molecule has 0 aliphatic carbocycles. The van der Waals surface area contributed by atoms with Crippen LogP contribution in [0.25, 0.3) is 0 Å². The molecule has 0 aliphatic heterocycles. The molecular weight excluding hydrogens is 180 g/mol. The number of rotatable bonds is 7. The first kappa shape index (κ1) is 14.5. The minimum absolute atomic E-state index is 0.432. The van der Waals surface area contributed by atoms with Gasteiger partial charge >= 0.3 is 0 Å². The molecule has 0 atom stereocenters. The number of hydrogen-bond acceptors (Lipinski definition) is 0. The lowest BCUT2D eigenvalue weighted by Crippen LogP contribution is -2.01. The van der Waals surface area contributed by atoms with E-state index in [1.54, 1.807) is 0 Å². The van der Waals surface area contributed by atoms with E-state index in [1.807, 2.05) is 0 Å². The topological polar surface area (TPSA) is 0 Å². The molecule has 0 rings (SSSR count). The third kappa shape index (κ3) is 13.5. The van der Waals surface area contributed by atoms with Crippen molar-refractivity contribution in [2.75, 3.05) is 0 Å². The molecular formula is C15H28. The van der Waals surface area contributed by atoms with Crippen molar-refractivity contribution in [3.8, 4) is 0 Å². The van der Waals surface area contributed by atoms with Gasteiger partial charge < -0.3 is 0 Å². The molecule has 0 aromatic heterocycles. The lowest BCUT2D eigenvalue weighted by molar-refractivity contribution is 0.420. The molecule has 0 fully saturated rings. The average Bonchev–Trinajstić information content (AvgIpc) is 2.14. The van der Waals surface area contributed by atoms with Crippen LogP contribution in [0.1, 0.15) is 66.2 Å². The first-order valence-electron chi connectivity index (χ1n) is 6.36. The number of hydrogen-bond donors (Lipinski definition) is 0. The quantitative estimate of drug-likeness (QED) is 0.382. The Morgan fingerprint density at radius 2 is 1.53 bits per heavy atom. The molecule has 0 aromatic carbocycles. The molecule has 0 amide bonds. The lowest BCUT2D eigenvalue weighted by atomic mass is 9.92. The van der Waals surface area contributed by atoms with Gasteiger partial charge in [0.1, 0.15) is 0 Å². The normalized spacial score (nSPS) is 13.1. The first-order valence-corrected chi connectivity index (χ1v) is 6.36. The van der Waals surface area contributed by atoms with Crippen molar-refractivity contribution in [3.63, 3.8) is 0 Å². The maximum atomic E-state index is 2.32. The van der Waals surface area contributed by atoms with Crippen molar-refractivity contribution < 1.29 is 0 Å². The zero-order chi connectivity index (χ0) is 11.6. The van der Waals surface area contributed by atoms with Crippen molar-refractivity contribution in [3.05, 3.63) is 24.3 Å². The van der Waals surface area contributed by atoms with Crippen LogP contribution >= 0.6 is 0 Å². The third-order valence-corrected chi connectivity index (χ3v) is 2.31. The Morgan fingerprint density at radius 3 is 2.13 bits per heavy atom. The molecule has 0 heteroatoms. The third-order valence-electron chi connectivity index (χ3n) is 2.31. The van der Waals surface area contributed by atoms with Crippen LogP contribution in [0.15, 0.2) is 24.3 Å². The Balaban J connectivity index is 3.36. The molecule has 0 saturated carbocycles. The van der Waals surface area contributed by atoms with Crippen molar-refractivity contribution in [1.29, 1.82) is 0 Å². The summed E-state index contributed by atoms with van der Waals surface area (Å²) in [7, 11) is 0. The van der Waals surface area contributed by atoms with Gasteiger partial charge in [0.15, 0.2) is 0 Å². The summed E-state index contributed by atoms with van der Waals surface area (Å²) < 4.78 is 0. The van der Waals surface area contributed by atoms with E-state index in [0.29, 0.717) is 5.41 Å². The molecule has 0 saturated heterocycles. The summed E-state index contributed by atoms with van der Waals surface area (Å²) in [5.74, 6) is 0. The van der Waals surface area contributed by atoms with E-state index in [2.05, 4.69) is 52.0 Å². The second-order valence-corrected chi connectivity index (χ2v) is 5.44. The highest BCUT2D eigenvalue weighted by Gasteiger charge is 2.05. The van der Waals surface area contributed by atoms with E-state index in [1.165, 1.54) is 32.1 Å². The minimum Gasteiger partial charge on any atom is -0.0882 e. The zero-order valence-electron chi connectivity index (χ0n) is 11.1. The Morgan fingerprint density at radius 1 is 0.867 bits per heavy atom. The summed E-state index contributed by atoms with van der Waals surface area (Å²) in [6.45, 7) is 9.08. The molecule has 15 heavy (non-hydrogen) atoms. The summed E-state index contributed by atoms with van der Waals surface area (Å²) in [6.07, 6.45) is 16.7. The van der Waals surface area contributed by atoms with E-state index in [0.717, 1.165) is 6.42 Å². The average molecular weight is 208 g/mol. The number of unbranched alkanes of at least 4 members (excludes halogenated alkanes) is 3. The van der Waals surface area contributed by atoms with Crippen molar-refractivity contribution in [1.82, 2.24) is 0 Å². The van der Waals surface area contributed by atoms with Crippen molar-refractivity contribution in [2.45, 2.75) is 66.2 Å². The van der Waals surface area contributed by atoms with Crippen LogP contribution in [-0.4, -0.2) is 0 Å². The van der Waals surface area contributed by atoms with E-state index < -0.39 is 0 Å². The van der Waals surface area contributed by atoms with Crippen LogP contribution < -0.4 is 0 Å². The van der Waals surface area contributed by atoms with Crippen LogP contribution in [0.4, 0.5) is 0 Å². The van der Waals surface area contributed by atoms with E-state index in [9.17, 15) is 0 Å². The van der Waals surface area contributed by atoms with Crippen LogP contribution in [0, 0.1) is 5.41 Å². The van der Waals surface area contributed by atoms with Gasteiger partial charge in [-0.05, 0) is 31.1 Å². The van der Waals surface area contributed by atoms with Gasteiger partial charge in [0.25, 0.3) is 0 Å². The largest absolute Gasteiger partial charge is 0.0882 e. The molecule has 0 N–H and O–H groups in total. The van der Waals surface area contributed by atoms with Gasteiger partial charge in [-0.25, -0.2) is 0 Å². The van der Waals surface area contributed by atoms with E-state index >= 15 is 0 Å². The molecule has 0 aliphatic rings. The summed E-state index contributed by atoms with van der Waals surface area (Å²) in [5, 5.41) is 0. The molecule has 0 radical (unpaired) electrons. The maximum Gasteiger partial charge on any atom is -0.0169 e. The monoisotopic (exact) mass is 208 g/mol. The van der Waals surface area contributed by atoms with Crippen LogP contribution in [0.3, 0.4) is 0 Å². The van der Waals surface area contributed by atoms with Gasteiger partial charge in [0.05, 0.1) is 0 Å². The van der Waals surface area contributed by atoms with Gasteiger partial charge in [-0.3, -0.25) is 0 Å². The summed E-state index contributed by atoms with van der Waals surface area (Å²) in [4.78, 5) is 0. The van der Waals surface area contributed by atoms with Gasteiger partial charge in [0.2, 0.25) is 0 Å². The fourth-order valence-corrected chi connectivity index (χ4v) is 1.34. The Labute approximate surface area is 96.5 Å². The fourth-order valence-electron chi connectivity index (χ4n) is 1.34. The highest BCUT2D eigenvalue weighted by molar-refractivity contribution is 4.94. The lowest BCUT2D eigenvalue weighted by Gasteiger charge is -2.14. The summed E-state index contributed by atoms with van der Waals surface area (Å²) in [5.41, 5.74) is 0.432. The van der Waals surface area contributed by atoms with Crippen molar-refractivity contribution in [2.24, 2.45) is 5.41 Å². The fraction of sp³-hybridized carbons (Fsp3) is 0.733. The Bertz CT molecular complexity index is 179. The van der Waals surface area contributed by atoms with Crippen LogP contribution in [-0.2, 0) is 0 Å². The molecule has 0 heterocycles. The van der Waals surface area contributed by atoms with E-state index in [4.69, 9.17) is 0 Å². The molecule has 0 bridgehead atoms. The minimum atomic E-state index is 0.432. The Hall–Kier alpha value is -0.520. The maximum absolute atomic E-state index is 2.32. The summed E-state index contributed by atoms with van der Waals surface area (Å²) in [6, 6.07) is 0. The highest BCUT2D eigenvalue weighted by atomic mass is 14.1. The van der Waals surface area contributed by atoms with Gasteiger partial charge in [0, 0.05) is 0 Å². The first-order chi connectivity index (χ1) is 7.06. The van der Waals surface area contributed by atoms with Gasteiger partial charge in [-0.1, -0.05) is 64.8 Å². The van der Waals surface area contributed by atoms with Crippen LogP contribution in [0.5, 0.6) is 0 Å². The SMILES string of the molecule is CCCCC/C=C\C/C=C\CC(C)(C)C. The Kier molecular flexibility index (Phi) is 8.46. The van der Waals surface area contributed by atoms with Gasteiger partial charge in [-0.15, -0.1) is 0 Å². The molecule has 0 aromatic rings. The molecule has 0 spiro atoms. The molecule has 88 valence electrons. The second kappa shape index (κ2) is 8.76. The smallest absolute Gasteiger partial charge is 0.0169 e. The van der Waals surface area contributed by atoms with Crippen molar-refractivity contribution >= 4 is 0 Å². The number of allylic oxidation sites excluding steroid dienone is 4. The van der Waals surface area contributed by atoms with Gasteiger partial charge in [-0.2, -0.15) is 0 Å². The predicted octanol–water partition coefficient (Wildman–Crippen LogP) is 5.51. The summed E-state index contributed by atoms with van der Waals surface area (Å²) >= 11 is 0. The van der Waals surface area contributed by atoms with E-state index in [-0.39, 0.29) is 0 Å². The molecule has 0 nitrogen and oxygen atoms in total. The standard InChI is InChI=1S/C15H28/c1-5-6-7-8-9-10-11-12-13-14-15(2,3)4/h9-10,12-13H,5-8,11,14H2,1-4H3/b10-9-,13-12-.